The normalized spacial score (nSPS) is 15.2. The molecule has 0 saturated heterocycles. The highest BCUT2D eigenvalue weighted by atomic mass is 16.5. The maximum atomic E-state index is 6.18. The van der Waals surface area contributed by atoms with Gasteiger partial charge in [0.25, 0.3) is 0 Å². The first-order valence-corrected chi connectivity index (χ1v) is 12.7. The van der Waals surface area contributed by atoms with Crippen molar-refractivity contribution in [1.82, 2.24) is 0 Å². The minimum Gasteiger partial charge on any atom is -0.489 e. The molecule has 2 aliphatic heterocycles. The molecule has 3 aromatic rings. The van der Waals surface area contributed by atoms with E-state index in [1.807, 2.05) is 6.07 Å². The van der Waals surface area contributed by atoms with Gasteiger partial charge in [-0.15, -0.1) is 0 Å². The van der Waals surface area contributed by atoms with Crippen molar-refractivity contribution in [3.63, 3.8) is 0 Å². The third-order valence-corrected chi connectivity index (χ3v) is 6.91. The van der Waals surface area contributed by atoms with E-state index in [0.29, 0.717) is 13.2 Å². The predicted molar refractivity (Wildman–Crippen MR) is 143 cm³/mol. The Morgan fingerprint density at radius 1 is 0.629 bits per heavy atom. The summed E-state index contributed by atoms with van der Waals surface area (Å²) in [6.07, 6.45) is 4.50. The van der Waals surface area contributed by atoms with Crippen molar-refractivity contribution in [3.8, 4) is 11.5 Å². The lowest BCUT2D eigenvalue weighted by molar-refractivity contribution is 0.289. The van der Waals surface area contributed by atoms with E-state index in [1.54, 1.807) is 0 Å². The molecule has 180 valence electrons. The smallest absolute Gasteiger partial charge is 0.123 e. The largest absolute Gasteiger partial charge is 0.489 e. The predicted octanol–water partition coefficient (Wildman–Crippen LogP) is 6.94. The summed E-state index contributed by atoms with van der Waals surface area (Å²) in [5, 5.41) is 0. The molecule has 2 heterocycles. The number of aliphatic imine (C=N–C) groups is 2. The minimum absolute atomic E-state index is 0.534. The van der Waals surface area contributed by atoms with Crippen LogP contribution in [-0.2, 0) is 13.2 Å². The van der Waals surface area contributed by atoms with Gasteiger partial charge in [0, 0.05) is 30.6 Å². The van der Waals surface area contributed by atoms with Gasteiger partial charge in [-0.1, -0.05) is 24.3 Å². The first-order valence-electron chi connectivity index (χ1n) is 12.7. The van der Waals surface area contributed by atoms with Gasteiger partial charge in [-0.3, -0.25) is 9.98 Å². The van der Waals surface area contributed by atoms with E-state index in [9.17, 15) is 0 Å². The zero-order valence-electron chi connectivity index (χ0n) is 21.1. The zero-order valence-corrected chi connectivity index (χ0v) is 21.1. The van der Waals surface area contributed by atoms with Crippen LogP contribution in [0, 0.1) is 20.8 Å². The van der Waals surface area contributed by atoms with E-state index >= 15 is 0 Å². The SMILES string of the molecule is Cc1cc(OCc2ccc(C3=NCCC3)cc2C)cc(OCc2ccc(C3=NCCC3)cc2C)c1. The maximum Gasteiger partial charge on any atom is 0.123 e. The van der Waals surface area contributed by atoms with Gasteiger partial charge in [-0.05, 0) is 110 Å². The van der Waals surface area contributed by atoms with Crippen LogP contribution in [-0.4, -0.2) is 24.5 Å². The van der Waals surface area contributed by atoms with Crippen LogP contribution in [0.15, 0.2) is 64.6 Å². The summed E-state index contributed by atoms with van der Waals surface area (Å²) < 4.78 is 12.4. The Morgan fingerprint density at radius 2 is 1.11 bits per heavy atom. The van der Waals surface area contributed by atoms with Gasteiger partial charge >= 0.3 is 0 Å². The van der Waals surface area contributed by atoms with Gasteiger partial charge in [0.15, 0.2) is 0 Å². The Balaban J connectivity index is 1.22. The Kier molecular flexibility index (Phi) is 6.98. The first-order chi connectivity index (χ1) is 17.0. The van der Waals surface area contributed by atoms with E-state index < -0.39 is 0 Å². The molecule has 0 aromatic heterocycles. The number of aryl methyl sites for hydroxylation is 3. The quantitative estimate of drug-likeness (QED) is 0.361. The van der Waals surface area contributed by atoms with Crippen molar-refractivity contribution in [2.24, 2.45) is 9.98 Å². The van der Waals surface area contributed by atoms with Gasteiger partial charge in [-0.2, -0.15) is 0 Å². The molecule has 0 atom stereocenters. The molecule has 0 saturated carbocycles. The second-order valence-electron chi connectivity index (χ2n) is 9.71. The topological polar surface area (TPSA) is 43.2 Å². The third-order valence-electron chi connectivity index (χ3n) is 6.91. The lowest BCUT2D eigenvalue weighted by Gasteiger charge is -2.14. The highest BCUT2D eigenvalue weighted by molar-refractivity contribution is 6.02. The molecule has 0 fully saturated rings. The molecule has 2 aliphatic rings. The van der Waals surface area contributed by atoms with Crippen LogP contribution in [0.2, 0.25) is 0 Å². The fraction of sp³-hybridized carbons (Fsp3) is 0.355. The van der Waals surface area contributed by atoms with Crippen LogP contribution < -0.4 is 9.47 Å². The Hall–Kier alpha value is -3.40. The fourth-order valence-electron chi connectivity index (χ4n) is 4.83. The number of nitrogens with zero attached hydrogens (tertiary/aromatic N) is 2. The van der Waals surface area contributed by atoms with Crippen LogP contribution in [0.5, 0.6) is 11.5 Å². The number of rotatable bonds is 8. The van der Waals surface area contributed by atoms with Crippen molar-refractivity contribution in [3.05, 3.63) is 93.5 Å². The number of ether oxygens (including phenoxy) is 2. The van der Waals surface area contributed by atoms with E-state index in [2.05, 4.69) is 79.3 Å². The average Bonchev–Trinajstić information content (AvgIpc) is 3.57. The number of hydrogen-bond acceptors (Lipinski definition) is 4. The van der Waals surface area contributed by atoms with E-state index in [1.165, 1.54) is 44.8 Å². The fourth-order valence-corrected chi connectivity index (χ4v) is 4.83. The summed E-state index contributed by atoms with van der Waals surface area (Å²) in [5.74, 6) is 1.66. The molecule has 0 aliphatic carbocycles. The third kappa shape index (κ3) is 5.64. The number of benzene rings is 3. The summed E-state index contributed by atoms with van der Waals surface area (Å²) >= 11 is 0. The molecule has 35 heavy (non-hydrogen) atoms. The molecule has 4 heteroatoms. The summed E-state index contributed by atoms with van der Waals surface area (Å²) in [6.45, 7) is 9.35. The first kappa shape index (κ1) is 23.3. The standard InChI is InChI=1S/C31H34N2O2/c1-21-14-28(34-19-26-10-8-24(16-22(26)2)30-6-4-12-32-30)18-29(15-21)35-20-27-11-9-25(17-23(27)3)31-7-5-13-33-31/h8-11,14-18H,4-7,12-13,19-20H2,1-3H3. The second-order valence-corrected chi connectivity index (χ2v) is 9.71. The molecule has 0 bridgehead atoms. The van der Waals surface area contributed by atoms with Crippen molar-refractivity contribution in [2.75, 3.05) is 13.1 Å². The van der Waals surface area contributed by atoms with Crippen molar-refractivity contribution >= 4 is 11.4 Å². The summed E-state index contributed by atoms with van der Waals surface area (Å²) in [5.41, 5.74) is 10.9. The molecule has 4 nitrogen and oxygen atoms in total. The Morgan fingerprint density at radius 3 is 1.51 bits per heavy atom. The Labute approximate surface area is 208 Å². The van der Waals surface area contributed by atoms with Gasteiger partial charge in [0.05, 0.1) is 0 Å². The van der Waals surface area contributed by atoms with Crippen LogP contribution in [0.25, 0.3) is 0 Å². The lowest BCUT2D eigenvalue weighted by atomic mass is 10.0. The van der Waals surface area contributed by atoms with Crippen molar-refractivity contribution < 1.29 is 9.47 Å². The summed E-state index contributed by atoms with van der Waals surface area (Å²) in [4.78, 5) is 9.25. The molecule has 5 rings (SSSR count). The monoisotopic (exact) mass is 466 g/mol. The maximum absolute atomic E-state index is 6.18. The summed E-state index contributed by atoms with van der Waals surface area (Å²) in [7, 11) is 0. The van der Waals surface area contributed by atoms with E-state index in [4.69, 9.17) is 9.47 Å². The molecule has 0 N–H and O–H groups in total. The summed E-state index contributed by atoms with van der Waals surface area (Å²) in [6, 6.07) is 19.3. The zero-order chi connectivity index (χ0) is 24.2. The molecule has 0 amide bonds. The number of hydrogen-bond donors (Lipinski definition) is 0. The van der Waals surface area contributed by atoms with Gasteiger partial charge < -0.3 is 9.47 Å². The van der Waals surface area contributed by atoms with Crippen LogP contribution >= 0.6 is 0 Å². The highest BCUT2D eigenvalue weighted by Gasteiger charge is 2.12. The molecule has 0 radical (unpaired) electrons. The Bertz CT molecular complexity index is 1190. The van der Waals surface area contributed by atoms with Gasteiger partial charge in [0.1, 0.15) is 24.7 Å². The second kappa shape index (κ2) is 10.5. The van der Waals surface area contributed by atoms with E-state index in [-0.39, 0.29) is 0 Å². The van der Waals surface area contributed by atoms with Gasteiger partial charge in [0.2, 0.25) is 0 Å². The van der Waals surface area contributed by atoms with Crippen molar-refractivity contribution in [2.45, 2.75) is 59.7 Å². The lowest BCUT2D eigenvalue weighted by Crippen LogP contribution is -2.03. The molecular formula is C31H34N2O2. The van der Waals surface area contributed by atoms with Crippen LogP contribution in [0.4, 0.5) is 0 Å². The van der Waals surface area contributed by atoms with E-state index in [0.717, 1.165) is 55.8 Å². The molecule has 0 spiro atoms. The van der Waals surface area contributed by atoms with Crippen molar-refractivity contribution in [1.29, 1.82) is 0 Å². The van der Waals surface area contributed by atoms with Gasteiger partial charge in [-0.25, -0.2) is 0 Å². The molecule has 3 aromatic carbocycles. The molecular weight excluding hydrogens is 432 g/mol. The average molecular weight is 467 g/mol. The highest BCUT2D eigenvalue weighted by Crippen LogP contribution is 2.26. The minimum atomic E-state index is 0.534. The van der Waals surface area contributed by atoms with Crippen LogP contribution in [0.1, 0.15) is 64.6 Å². The molecule has 0 unspecified atom stereocenters. The van der Waals surface area contributed by atoms with Crippen LogP contribution in [0.3, 0.4) is 0 Å².